The number of carboxylic acid groups (broad SMARTS) is 1. The molecule has 1 aliphatic rings. The van der Waals surface area contributed by atoms with Gasteiger partial charge in [0, 0.05) is 25.0 Å². The van der Waals surface area contributed by atoms with E-state index >= 15 is 0 Å². The SMILES string of the molecule is CC(Cn1cccn1)NC(=O)N1CCCC1C(=O)O. The van der Waals surface area contributed by atoms with E-state index in [1.165, 1.54) is 4.90 Å². The molecule has 0 aromatic carbocycles. The van der Waals surface area contributed by atoms with Crippen LogP contribution in [-0.2, 0) is 11.3 Å². The molecule has 0 radical (unpaired) electrons. The molecular formula is C12H18N4O3. The summed E-state index contributed by atoms with van der Waals surface area (Å²) < 4.78 is 1.73. The van der Waals surface area contributed by atoms with Crippen LogP contribution < -0.4 is 5.32 Å². The summed E-state index contributed by atoms with van der Waals surface area (Å²) in [6.07, 6.45) is 4.75. The van der Waals surface area contributed by atoms with Crippen molar-refractivity contribution in [2.24, 2.45) is 0 Å². The van der Waals surface area contributed by atoms with Crippen molar-refractivity contribution in [1.82, 2.24) is 20.0 Å². The standard InChI is InChI=1S/C12H18N4O3/c1-9(8-15-6-3-5-13-15)14-12(19)16-7-2-4-10(16)11(17)18/h3,5-6,9-10H,2,4,7-8H2,1H3,(H,14,19)(H,17,18). The molecule has 19 heavy (non-hydrogen) atoms. The zero-order valence-corrected chi connectivity index (χ0v) is 10.8. The molecule has 2 heterocycles. The summed E-state index contributed by atoms with van der Waals surface area (Å²) >= 11 is 0. The Hall–Kier alpha value is -2.05. The number of carboxylic acids is 1. The number of nitrogens with zero attached hydrogens (tertiary/aromatic N) is 3. The molecule has 2 N–H and O–H groups in total. The average molecular weight is 266 g/mol. The van der Waals surface area contributed by atoms with Crippen LogP contribution in [0, 0.1) is 0 Å². The Morgan fingerprint density at radius 3 is 3.00 bits per heavy atom. The first-order valence-corrected chi connectivity index (χ1v) is 6.35. The number of carbonyl (C=O) groups is 2. The van der Waals surface area contributed by atoms with Crippen LogP contribution >= 0.6 is 0 Å². The Balaban J connectivity index is 1.88. The molecule has 1 saturated heterocycles. The van der Waals surface area contributed by atoms with Gasteiger partial charge in [0.25, 0.3) is 0 Å². The molecule has 0 saturated carbocycles. The van der Waals surface area contributed by atoms with E-state index in [1.807, 2.05) is 19.2 Å². The molecule has 2 atom stereocenters. The molecule has 2 rings (SSSR count). The van der Waals surface area contributed by atoms with Gasteiger partial charge in [-0.15, -0.1) is 0 Å². The molecule has 104 valence electrons. The molecule has 1 aromatic rings. The van der Waals surface area contributed by atoms with Gasteiger partial charge in [0.1, 0.15) is 6.04 Å². The number of rotatable bonds is 4. The highest BCUT2D eigenvalue weighted by Gasteiger charge is 2.34. The quantitative estimate of drug-likeness (QED) is 0.832. The van der Waals surface area contributed by atoms with Crippen molar-refractivity contribution >= 4 is 12.0 Å². The van der Waals surface area contributed by atoms with E-state index in [-0.39, 0.29) is 12.1 Å². The first kappa shape index (κ1) is 13.4. The number of nitrogens with one attached hydrogen (secondary N) is 1. The van der Waals surface area contributed by atoms with Crippen LogP contribution in [0.2, 0.25) is 0 Å². The van der Waals surface area contributed by atoms with Crippen molar-refractivity contribution in [1.29, 1.82) is 0 Å². The van der Waals surface area contributed by atoms with Crippen molar-refractivity contribution in [2.45, 2.75) is 38.4 Å². The van der Waals surface area contributed by atoms with Crippen molar-refractivity contribution in [3.8, 4) is 0 Å². The normalized spacial score (nSPS) is 20.3. The number of amides is 2. The minimum Gasteiger partial charge on any atom is -0.480 e. The first-order chi connectivity index (χ1) is 9.08. The van der Waals surface area contributed by atoms with E-state index in [1.54, 1.807) is 10.9 Å². The van der Waals surface area contributed by atoms with Gasteiger partial charge in [0.2, 0.25) is 0 Å². The predicted molar refractivity (Wildman–Crippen MR) is 67.6 cm³/mol. The highest BCUT2D eigenvalue weighted by atomic mass is 16.4. The Morgan fingerprint density at radius 2 is 2.37 bits per heavy atom. The fourth-order valence-corrected chi connectivity index (χ4v) is 2.29. The van der Waals surface area contributed by atoms with Gasteiger partial charge in [-0.25, -0.2) is 9.59 Å². The van der Waals surface area contributed by atoms with Gasteiger partial charge in [-0.1, -0.05) is 0 Å². The number of likely N-dealkylation sites (tertiary alicyclic amines) is 1. The van der Waals surface area contributed by atoms with Crippen LogP contribution in [0.3, 0.4) is 0 Å². The predicted octanol–water partition coefficient (Wildman–Crippen LogP) is 0.530. The summed E-state index contributed by atoms with van der Waals surface area (Å²) in [5.41, 5.74) is 0. The Bertz CT molecular complexity index is 446. The number of aromatic nitrogens is 2. The van der Waals surface area contributed by atoms with Crippen LogP contribution in [0.1, 0.15) is 19.8 Å². The van der Waals surface area contributed by atoms with Gasteiger partial charge >= 0.3 is 12.0 Å². The lowest BCUT2D eigenvalue weighted by molar-refractivity contribution is -0.141. The van der Waals surface area contributed by atoms with Gasteiger partial charge in [0.15, 0.2) is 0 Å². The van der Waals surface area contributed by atoms with Gasteiger partial charge in [-0.2, -0.15) is 5.10 Å². The van der Waals surface area contributed by atoms with Crippen molar-refractivity contribution in [3.05, 3.63) is 18.5 Å². The molecule has 0 spiro atoms. The summed E-state index contributed by atoms with van der Waals surface area (Å²) in [4.78, 5) is 24.4. The number of aliphatic carboxylic acids is 1. The van der Waals surface area contributed by atoms with Crippen molar-refractivity contribution in [2.75, 3.05) is 6.54 Å². The molecule has 7 heteroatoms. The highest BCUT2D eigenvalue weighted by Crippen LogP contribution is 2.17. The zero-order valence-electron chi connectivity index (χ0n) is 10.8. The second kappa shape index (κ2) is 5.73. The molecule has 2 unspecified atom stereocenters. The summed E-state index contributed by atoms with van der Waals surface area (Å²) in [6, 6.07) is 0.694. The molecular weight excluding hydrogens is 248 g/mol. The van der Waals surface area contributed by atoms with Crippen LogP contribution in [0.5, 0.6) is 0 Å². The van der Waals surface area contributed by atoms with Gasteiger partial charge in [-0.3, -0.25) is 4.68 Å². The average Bonchev–Trinajstić information content (AvgIpc) is 2.97. The number of hydrogen-bond donors (Lipinski definition) is 2. The third-order valence-corrected chi connectivity index (χ3v) is 3.19. The van der Waals surface area contributed by atoms with E-state index in [0.29, 0.717) is 19.5 Å². The molecule has 2 amide bonds. The van der Waals surface area contributed by atoms with Crippen molar-refractivity contribution in [3.63, 3.8) is 0 Å². The van der Waals surface area contributed by atoms with E-state index in [4.69, 9.17) is 5.11 Å². The van der Waals surface area contributed by atoms with Gasteiger partial charge in [0.05, 0.1) is 6.54 Å². The maximum atomic E-state index is 12.0. The second-order valence-electron chi connectivity index (χ2n) is 4.77. The van der Waals surface area contributed by atoms with E-state index in [2.05, 4.69) is 10.4 Å². The van der Waals surface area contributed by atoms with E-state index in [0.717, 1.165) is 6.42 Å². The second-order valence-corrected chi connectivity index (χ2v) is 4.77. The fraction of sp³-hybridized carbons (Fsp3) is 0.583. The summed E-state index contributed by atoms with van der Waals surface area (Å²) in [6.45, 7) is 2.92. The van der Waals surface area contributed by atoms with E-state index < -0.39 is 12.0 Å². The Morgan fingerprint density at radius 1 is 1.58 bits per heavy atom. The lowest BCUT2D eigenvalue weighted by atomic mass is 10.2. The van der Waals surface area contributed by atoms with Crippen molar-refractivity contribution < 1.29 is 14.7 Å². The number of carbonyl (C=O) groups excluding carboxylic acids is 1. The topological polar surface area (TPSA) is 87.5 Å². The lowest BCUT2D eigenvalue weighted by Crippen LogP contribution is -2.49. The molecule has 0 bridgehead atoms. The smallest absolute Gasteiger partial charge is 0.326 e. The van der Waals surface area contributed by atoms with Crippen LogP contribution in [0.4, 0.5) is 4.79 Å². The maximum Gasteiger partial charge on any atom is 0.326 e. The van der Waals surface area contributed by atoms with Crippen LogP contribution in [0.25, 0.3) is 0 Å². The fourth-order valence-electron chi connectivity index (χ4n) is 2.29. The summed E-state index contributed by atoms with van der Waals surface area (Å²) in [5.74, 6) is -0.938. The Labute approximate surface area is 111 Å². The largest absolute Gasteiger partial charge is 0.480 e. The lowest BCUT2D eigenvalue weighted by Gasteiger charge is -2.24. The third-order valence-electron chi connectivity index (χ3n) is 3.19. The Kier molecular flexibility index (Phi) is 4.03. The molecule has 7 nitrogen and oxygen atoms in total. The molecule has 1 fully saturated rings. The summed E-state index contributed by atoms with van der Waals surface area (Å²) in [7, 11) is 0. The highest BCUT2D eigenvalue weighted by molar-refractivity contribution is 5.83. The monoisotopic (exact) mass is 266 g/mol. The first-order valence-electron chi connectivity index (χ1n) is 6.35. The molecule has 0 aliphatic carbocycles. The number of hydrogen-bond acceptors (Lipinski definition) is 3. The number of urea groups is 1. The zero-order chi connectivity index (χ0) is 13.8. The van der Waals surface area contributed by atoms with Gasteiger partial charge in [-0.05, 0) is 25.8 Å². The maximum absolute atomic E-state index is 12.0. The summed E-state index contributed by atoms with van der Waals surface area (Å²) in [5, 5.41) is 15.9. The molecule has 1 aliphatic heterocycles. The van der Waals surface area contributed by atoms with Gasteiger partial charge < -0.3 is 15.3 Å². The minimum atomic E-state index is -0.938. The van der Waals surface area contributed by atoms with E-state index in [9.17, 15) is 9.59 Å². The molecule has 1 aromatic heterocycles. The van der Waals surface area contributed by atoms with Crippen LogP contribution in [-0.4, -0.2) is 50.4 Å². The third kappa shape index (κ3) is 3.24. The van der Waals surface area contributed by atoms with Crippen LogP contribution in [0.15, 0.2) is 18.5 Å². The minimum absolute atomic E-state index is 0.109.